The highest BCUT2D eigenvalue weighted by molar-refractivity contribution is 8.93. The Balaban J connectivity index is -0.000000221. The number of nitrogens with zero attached hydrogens (tertiary/aromatic N) is 6. The van der Waals surface area contributed by atoms with Crippen LogP contribution in [-0.4, -0.2) is 376 Å². The average Bonchev–Trinajstić information content (AvgIpc) is 1.69. The maximum absolute atomic E-state index is 11.6. The number of fused-ring (bicyclic) bond motifs is 1. The summed E-state index contributed by atoms with van der Waals surface area (Å²) in [5.41, 5.74) is 31.5. The zero-order chi connectivity index (χ0) is 104. The lowest BCUT2D eigenvalue weighted by atomic mass is 10.0. The standard InChI is InChI=1S/C14H19NO3.C12H15NO.C11H15NO2.C10H15NO4.C10H17NO3.2C6H13NO2.C6H15NO.C4H7NO2.2C4H9NO2.C4H11NO2.C3H9NO.BrH.ClH/c1-14(2,3)18-13(17)15-12(10-16)9-11-7-5-4-6-8-11;13-11(8-14)7-10-6-5-9-3-1-2-4-12(9)10;1-12(2)10(11(13)14)8-9-6-4-3-5-7-9;1-2-3-7(12)6-9(13)11-8-4-5-15-10(8)14;1-10(2,3)14-9(13)11-6-4-5-8(11)7-12;2*1-4-9-6(8)5-7(2)3;1-3-5(2)6(7)4-8;5-3-1-2-7-4(3)6;2*1-5(2)3-4(6)7;1-3(7)4(5)2-6;1-3(4)2-5;;/h4-8,10,12H,9H2,1-3H3,(H,15,17);1-4,6,11,14H,5,7-8,13H2;3-7,10H,8H2,1-2H3,(H,13,14);8H,2-6H2,1H3,(H,11,13);7-8H,4-6H2,1-3H3;2*4-5H2,1-3H3;5-6,8H,3-4,7H2,1-2H3;3H,1-2,5H2;2*3H2,1-2H3,(H,6,7);3-4,6-7H,2,5H2,1H3;3,5H,2,4H2,1H3;2*1H/t12-;11-;;2*8-;;;5-,6+;;;;3-,4-;3-;;/m10.01..0...10../s1. The van der Waals surface area contributed by atoms with Crippen LogP contribution in [0.15, 0.2) is 91.0 Å². The summed E-state index contributed by atoms with van der Waals surface area (Å²) in [7, 11) is 17.7. The number of aldehydes is 2. The molecule has 3 aromatic carbocycles. The van der Waals surface area contributed by atoms with Crippen molar-refractivity contribution in [2.45, 2.75) is 239 Å². The molecular formula is C94H169BrClN13O27. The third kappa shape index (κ3) is 85.3. The molecule has 0 saturated carbocycles. The van der Waals surface area contributed by atoms with Gasteiger partial charge in [0, 0.05) is 43.9 Å². The van der Waals surface area contributed by atoms with E-state index in [2.05, 4.69) is 60.8 Å². The number of carbonyl (C=O) groups excluding carboxylic acids is 10. The summed E-state index contributed by atoms with van der Waals surface area (Å²) < 4.78 is 28.8. The number of likely N-dealkylation sites (tertiary alicyclic amines) is 1. The summed E-state index contributed by atoms with van der Waals surface area (Å²) in [5.74, 6) is -3.40. The molecule has 0 radical (unpaired) electrons. The van der Waals surface area contributed by atoms with E-state index in [1.165, 1.54) is 21.6 Å². The molecular weight excluding hydrogens is 1860 g/mol. The van der Waals surface area contributed by atoms with E-state index in [1.807, 2.05) is 130 Å². The number of likely N-dealkylation sites (N-methyl/N-ethyl adjacent to an activating group) is 5. The number of benzene rings is 3. The Labute approximate surface area is 823 Å². The van der Waals surface area contributed by atoms with Gasteiger partial charge in [0.2, 0.25) is 5.91 Å². The molecule has 3 fully saturated rings. The Kier molecular flexibility index (Phi) is 89.0. The molecule has 786 valence electrons. The molecule has 7 rings (SSSR count). The summed E-state index contributed by atoms with van der Waals surface area (Å²) in [6.07, 6.45) is 9.81. The minimum atomic E-state index is -0.787. The van der Waals surface area contributed by atoms with Crippen molar-refractivity contribution < 1.29 is 132 Å². The Morgan fingerprint density at radius 2 is 1.04 bits per heavy atom. The highest BCUT2D eigenvalue weighted by Crippen LogP contribution is 2.30. The van der Waals surface area contributed by atoms with Gasteiger partial charge in [0.1, 0.15) is 47.7 Å². The summed E-state index contributed by atoms with van der Waals surface area (Å²) in [6.45, 7) is 27.1. The third-order valence-electron chi connectivity index (χ3n) is 17.3. The lowest BCUT2D eigenvalue weighted by molar-refractivity contribution is -0.144. The van der Waals surface area contributed by atoms with Crippen molar-refractivity contribution in [2.24, 2.45) is 34.6 Å². The van der Waals surface area contributed by atoms with Crippen LogP contribution >= 0.6 is 29.4 Å². The van der Waals surface area contributed by atoms with Crippen LogP contribution in [0.4, 0.5) is 9.59 Å². The average molecular weight is 2030 g/mol. The zero-order valence-corrected chi connectivity index (χ0v) is 87.1. The molecule has 3 amide bonds. The molecule has 0 aromatic heterocycles. The van der Waals surface area contributed by atoms with Crippen LogP contribution in [0.5, 0.6) is 0 Å². The van der Waals surface area contributed by atoms with E-state index in [-0.39, 0.29) is 135 Å². The third-order valence-corrected chi connectivity index (χ3v) is 17.3. The number of aliphatic hydroxyl groups excluding tert-OH is 5. The normalized spacial score (nSPS) is 15.6. The van der Waals surface area contributed by atoms with E-state index in [4.69, 9.17) is 79.0 Å². The first kappa shape index (κ1) is 142. The van der Waals surface area contributed by atoms with Crippen LogP contribution in [0, 0.1) is 5.92 Å². The van der Waals surface area contributed by atoms with Gasteiger partial charge in [0.15, 0.2) is 0 Å². The quantitative estimate of drug-likeness (QED) is 0.0169. The molecule has 3 heterocycles. The van der Waals surface area contributed by atoms with Crippen molar-refractivity contribution in [3.63, 3.8) is 0 Å². The van der Waals surface area contributed by atoms with Crippen LogP contribution in [0.3, 0.4) is 0 Å². The number of alkyl carbamates (subject to hydrolysis) is 1. The van der Waals surface area contributed by atoms with Crippen molar-refractivity contribution in [2.75, 3.05) is 156 Å². The molecule has 42 heteroatoms. The minimum absolute atomic E-state index is 0. The molecule has 3 saturated heterocycles. The summed E-state index contributed by atoms with van der Waals surface area (Å²) in [6, 6.07) is 24.6. The van der Waals surface area contributed by atoms with Crippen LogP contribution in [0.25, 0.3) is 5.57 Å². The Morgan fingerprint density at radius 3 is 1.36 bits per heavy atom. The number of carboxylic acid groups (broad SMARTS) is 3. The maximum Gasteiger partial charge on any atom is 0.410 e. The number of hydrogen-bond acceptors (Lipinski definition) is 34. The van der Waals surface area contributed by atoms with Crippen molar-refractivity contribution in [3.8, 4) is 0 Å². The number of carbonyl (C=O) groups is 13. The van der Waals surface area contributed by atoms with Gasteiger partial charge in [0.25, 0.3) is 0 Å². The number of nitrogens with two attached hydrogens (primary N) is 5. The number of amides is 3. The first-order valence-electron chi connectivity index (χ1n) is 44.5. The molecule has 0 bridgehead atoms. The van der Waals surface area contributed by atoms with Crippen molar-refractivity contribution in [3.05, 3.63) is 113 Å². The van der Waals surface area contributed by atoms with Crippen LogP contribution < -0.4 is 39.3 Å². The lowest BCUT2D eigenvalue weighted by Gasteiger charge is -2.26. The molecule has 1 aliphatic carbocycles. The van der Waals surface area contributed by atoms with Crippen molar-refractivity contribution in [1.82, 2.24) is 40.0 Å². The molecule has 3 aliphatic heterocycles. The number of carboxylic acids is 3. The van der Waals surface area contributed by atoms with E-state index in [0.29, 0.717) is 84.1 Å². The molecule has 4 aliphatic rings. The minimum Gasteiger partial charge on any atom is -0.480 e. The van der Waals surface area contributed by atoms with Gasteiger partial charge >= 0.3 is 54.0 Å². The van der Waals surface area contributed by atoms with Gasteiger partial charge < -0.3 is 118 Å². The van der Waals surface area contributed by atoms with E-state index >= 15 is 0 Å². The number of Topliss-reactive ketones (excluding diaryl/α,β-unsaturated/α-hetero) is 1. The van der Waals surface area contributed by atoms with Gasteiger partial charge in [-0.3, -0.25) is 67.8 Å². The Bertz CT molecular complexity index is 3670. The lowest BCUT2D eigenvalue weighted by Crippen LogP contribution is -2.41. The fourth-order valence-corrected chi connectivity index (χ4v) is 10.2. The van der Waals surface area contributed by atoms with Crippen LogP contribution in [0.2, 0.25) is 0 Å². The van der Waals surface area contributed by atoms with Gasteiger partial charge in [-0.05, 0) is 218 Å². The Hall–Kier alpha value is -9.12. The van der Waals surface area contributed by atoms with Gasteiger partial charge in [-0.2, -0.15) is 0 Å². The second kappa shape index (κ2) is 85.1. The zero-order valence-electron chi connectivity index (χ0n) is 84.6. The number of rotatable bonds is 33. The number of aliphatic carboxylic acids is 3. The maximum atomic E-state index is 11.6. The first-order chi connectivity index (χ1) is 62.4. The summed E-state index contributed by atoms with van der Waals surface area (Å²) in [4.78, 5) is 150. The Morgan fingerprint density at radius 1 is 0.596 bits per heavy atom. The highest BCUT2D eigenvalue weighted by atomic mass is 79.9. The second-order valence-corrected chi connectivity index (χ2v) is 34.3. The molecule has 0 spiro atoms. The fourth-order valence-electron chi connectivity index (χ4n) is 10.2. The molecule has 20 N–H and O–H groups in total. The number of ether oxygens (including phenoxy) is 6. The number of hydrogen-bond donors (Lipinski definition) is 15. The number of allylic oxidation sites excluding steroid dienone is 1. The van der Waals surface area contributed by atoms with Gasteiger partial charge in [-0.15, -0.1) is 29.4 Å². The van der Waals surface area contributed by atoms with E-state index in [1.54, 1.807) is 115 Å². The highest BCUT2D eigenvalue weighted by Gasteiger charge is 2.33. The molecule has 11 atom stereocenters. The van der Waals surface area contributed by atoms with Gasteiger partial charge in [-0.25, -0.2) is 14.4 Å². The number of nitrogens with one attached hydrogen (secondary N) is 2. The van der Waals surface area contributed by atoms with E-state index < -0.39 is 77.4 Å². The number of aliphatic hydroxyl groups is 5. The SMILES string of the molecule is Br.CC(C)(C)OC(=O)N1CCC[C@@H]1C=O.CC(C)(C)OC(=O)N[C@@H](C=O)Cc1ccccc1.CCCC(=O)CC(=O)N[C@H]1CCOC1=O.CCOC(=O)CN(C)C.CCOC(=O)CN(C)C.CC[C@H](C)[C@H](N)CO.CN(C)C(Cc1ccccc1)C(=O)O.CN(C)CC(=O)O.CN(C)CC(=O)O.C[C@@H](O)[C@H](N)CO.C[C@H](N)CO.Cl.NC1CCOC1=O.N[C@H](CO)CC1=CCc2ccccc21. The molecule has 3 aromatic rings. The molecule has 136 heavy (non-hydrogen) atoms. The summed E-state index contributed by atoms with van der Waals surface area (Å²) in [5, 5.41) is 72.3. The van der Waals surface area contributed by atoms with Crippen LogP contribution in [0.1, 0.15) is 170 Å². The van der Waals surface area contributed by atoms with Crippen LogP contribution in [-0.2, 0) is 100 Å². The van der Waals surface area contributed by atoms with E-state index in [0.717, 1.165) is 62.2 Å². The van der Waals surface area contributed by atoms with E-state index in [9.17, 15) is 62.3 Å². The molecule has 2 unspecified atom stereocenters. The van der Waals surface area contributed by atoms with Crippen molar-refractivity contribution >= 4 is 113 Å². The van der Waals surface area contributed by atoms with Gasteiger partial charge in [0.05, 0.1) is 110 Å². The predicted molar refractivity (Wildman–Crippen MR) is 532 cm³/mol. The van der Waals surface area contributed by atoms with Crippen molar-refractivity contribution in [1.29, 1.82) is 0 Å². The number of cyclic esters (lactones) is 2. The largest absolute Gasteiger partial charge is 0.480 e. The molecule has 40 nitrogen and oxygen atoms in total. The topological polar surface area (TPSA) is 613 Å². The monoisotopic (exact) mass is 2030 g/mol. The number of halogens is 2. The number of ketones is 1. The fraction of sp³-hybridized carbons (Fsp3) is 0.649. The first-order valence-corrected chi connectivity index (χ1v) is 44.5. The van der Waals surface area contributed by atoms with Gasteiger partial charge in [-0.1, -0.05) is 118 Å². The summed E-state index contributed by atoms with van der Waals surface area (Å²) >= 11 is 0. The number of esters is 4. The predicted octanol–water partition coefficient (Wildman–Crippen LogP) is 4.78. The second-order valence-electron chi connectivity index (χ2n) is 34.3. The smallest absolute Gasteiger partial charge is 0.410 e.